The van der Waals surface area contributed by atoms with Gasteiger partial charge in [0.1, 0.15) is 12.6 Å². The van der Waals surface area contributed by atoms with Crippen LogP contribution in [0.2, 0.25) is 0 Å². The number of terminal acetylenes is 1. The minimum atomic E-state index is -1.17. The number of nitrogens with two attached hydrogens (primary N) is 1. The van der Waals surface area contributed by atoms with Crippen molar-refractivity contribution >= 4 is 29.7 Å². The maximum absolute atomic E-state index is 12.1. The summed E-state index contributed by atoms with van der Waals surface area (Å²) in [5.41, 5.74) is 4.99. The molecule has 0 saturated carbocycles. The van der Waals surface area contributed by atoms with Crippen LogP contribution in [0.3, 0.4) is 0 Å². The predicted octanol–water partition coefficient (Wildman–Crippen LogP) is -0.677. The zero-order chi connectivity index (χ0) is 14.8. The molecule has 8 heteroatoms. The van der Waals surface area contributed by atoms with E-state index in [1.54, 1.807) is 0 Å². The Morgan fingerprint density at radius 1 is 1.53 bits per heavy atom. The summed E-state index contributed by atoms with van der Waals surface area (Å²) in [6.45, 7) is -0.652. The van der Waals surface area contributed by atoms with Crippen LogP contribution in [0.1, 0.15) is 6.42 Å². The van der Waals surface area contributed by atoms with Crippen molar-refractivity contribution in [2.45, 2.75) is 12.5 Å². The highest BCUT2D eigenvalue weighted by Crippen LogP contribution is 2.05. The Hall–Kier alpha value is -1.88. The zero-order valence-electron chi connectivity index (χ0n) is 10.6. The van der Waals surface area contributed by atoms with Crippen molar-refractivity contribution < 1.29 is 19.5 Å². The summed E-state index contributed by atoms with van der Waals surface area (Å²) in [7, 11) is 0. The highest BCUT2D eigenvalue weighted by molar-refractivity contribution is 7.98. The van der Waals surface area contributed by atoms with Gasteiger partial charge >= 0.3 is 12.0 Å². The van der Waals surface area contributed by atoms with Gasteiger partial charge in [-0.2, -0.15) is 11.8 Å². The summed E-state index contributed by atoms with van der Waals surface area (Å²) in [4.78, 5) is 34.6. The second-order valence-corrected chi connectivity index (χ2v) is 4.62. The smallest absolute Gasteiger partial charge is 0.323 e. The van der Waals surface area contributed by atoms with Crippen molar-refractivity contribution in [1.82, 2.24) is 10.2 Å². The first-order chi connectivity index (χ1) is 8.92. The molecule has 0 rings (SSSR count). The number of urea groups is 1. The van der Waals surface area contributed by atoms with Crippen LogP contribution in [-0.4, -0.2) is 59.1 Å². The minimum absolute atomic E-state index is 0.138. The average molecular weight is 287 g/mol. The number of aliphatic carboxylic acids is 1. The van der Waals surface area contributed by atoms with E-state index in [4.69, 9.17) is 17.3 Å². The highest BCUT2D eigenvalue weighted by atomic mass is 32.2. The molecule has 19 heavy (non-hydrogen) atoms. The lowest BCUT2D eigenvalue weighted by Crippen LogP contribution is -2.51. The van der Waals surface area contributed by atoms with Crippen molar-refractivity contribution in [2.75, 3.05) is 25.1 Å². The molecular weight excluding hydrogens is 270 g/mol. The van der Waals surface area contributed by atoms with E-state index in [1.807, 2.05) is 6.26 Å². The largest absolute Gasteiger partial charge is 0.480 e. The quantitative estimate of drug-likeness (QED) is 0.512. The molecule has 0 saturated heterocycles. The van der Waals surface area contributed by atoms with E-state index in [-0.39, 0.29) is 6.54 Å². The molecule has 0 heterocycles. The molecule has 0 aliphatic carbocycles. The van der Waals surface area contributed by atoms with Gasteiger partial charge in [0.25, 0.3) is 0 Å². The van der Waals surface area contributed by atoms with Gasteiger partial charge in [0.05, 0.1) is 6.54 Å². The van der Waals surface area contributed by atoms with Crippen molar-refractivity contribution in [3.63, 3.8) is 0 Å². The number of rotatable bonds is 8. The number of primary amides is 1. The first-order valence-electron chi connectivity index (χ1n) is 5.41. The first kappa shape index (κ1) is 17.1. The Morgan fingerprint density at radius 2 is 2.16 bits per heavy atom. The fourth-order valence-corrected chi connectivity index (χ4v) is 1.84. The van der Waals surface area contributed by atoms with Crippen molar-refractivity contribution in [3.05, 3.63) is 0 Å². The van der Waals surface area contributed by atoms with E-state index in [2.05, 4.69) is 11.2 Å². The SMILES string of the molecule is C#CCN(CC(=O)O)C(=O)C(CCSC)NC(N)=O. The predicted molar refractivity (Wildman–Crippen MR) is 72.6 cm³/mol. The van der Waals surface area contributed by atoms with Crippen LogP contribution in [-0.2, 0) is 9.59 Å². The van der Waals surface area contributed by atoms with Gasteiger partial charge in [0.2, 0.25) is 5.91 Å². The van der Waals surface area contributed by atoms with Gasteiger partial charge < -0.3 is 21.1 Å². The Balaban J connectivity index is 4.83. The Bertz CT molecular complexity index is 381. The molecule has 1 atom stereocenters. The maximum atomic E-state index is 12.1. The van der Waals surface area contributed by atoms with Gasteiger partial charge in [-0.15, -0.1) is 6.42 Å². The zero-order valence-corrected chi connectivity index (χ0v) is 11.4. The number of nitrogens with zero attached hydrogens (tertiary/aromatic N) is 1. The molecule has 0 spiro atoms. The third kappa shape index (κ3) is 7.21. The molecule has 106 valence electrons. The molecule has 0 radical (unpaired) electrons. The van der Waals surface area contributed by atoms with E-state index in [0.29, 0.717) is 12.2 Å². The lowest BCUT2D eigenvalue weighted by Gasteiger charge is -2.24. The van der Waals surface area contributed by atoms with Gasteiger partial charge in [-0.05, 0) is 18.4 Å². The molecule has 0 aliphatic heterocycles. The number of hydrogen-bond acceptors (Lipinski definition) is 4. The van der Waals surface area contributed by atoms with Gasteiger partial charge in [-0.1, -0.05) is 5.92 Å². The minimum Gasteiger partial charge on any atom is -0.480 e. The van der Waals surface area contributed by atoms with E-state index in [9.17, 15) is 14.4 Å². The van der Waals surface area contributed by atoms with Gasteiger partial charge in [0, 0.05) is 0 Å². The van der Waals surface area contributed by atoms with Gasteiger partial charge in [0.15, 0.2) is 0 Å². The van der Waals surface area contributed by atoms with Crippen LogP contribution < -0.4 is 11.1 Å². The third-order valence-corrected chi connectivity index (χ3v) is 2.79. The molecule has 0 aromatic carbocycles. The number of carbonyl (C=O) groups excluding carboxylic acids is 2. The second kappa shape index (κ2) is 9.10. The lowest BCUT2D eigenvalue weighted by molar-refractivity contribution is -0.144. The summed E-state index contributed by atoms with van der Waals surface area (Å²) >= 11 is 1.49. The molecule has 3 amide bonds. The van der Waals surface area contributed by atoms with Crippen LogP contribution in [0.4, 0.5) is 4.79 Å². The number of carbonyl (C=O) groups is 3. The van der Waals surface area contributed by atoms with Crippen LogP contribution >= 0.6 is 11.8 Å². The van der Waals surface area contributed by atoms with Crippen LogP contribution in [0.25, 0.3) is 0 Å². The molecule has 0 fully saturated rings. The normalized spacial score (nSPS) is 11.2. The second-order valence-electron chi connectivity index (χ2n) is 3.63. The van der Waals surface area contributed by atoms with Crippen molar-refractivity contribution in [2.24, 2.45) is 5.73 Å². The summed E-state index contributed by atoms with van der Waals surface area (Å²) in [5.74, 6) is 1.11. The number of thioether (sulfide) groups is 1. The number of amides is 3. The standard InChI is InChI=1S/C11H17N3O4S/c1-3-5-14(7-9(15)16)10(17)8(4-6-19-2)13-11(12)18/h1,8H,4-7H2,2H3,(H,15,16)(H3,12,13,18). The van der Waals surface area contributed by atoms with E-state index < -0.39 is 30.5 Å². The third-order valence-electron chi connectivity index (χ3n) is 2.15. The maximum Gasteiger partial charge on any atom is 0.323 e. The van der Waals surface area contributed by atoms with Crippen LogP contribution in [0.5, 0.6) is 0 Å². The Labute approximate surface area is 115 Å². The molecule has 7 nitrogen and oxygen atoms in total. The molecule has 0 aliphatic rings. The van der Waals surface area contributed by atoms with Crippen LogP contribution in [0.15, 0.2) is 0 Å². The summed E-state index contributed by atoms with van der Waals surface area (Å²) in [6, 6.07) is -1.70. The molecular formula is C11H17N3O4S. The molecule has 1 unspecified atom stereocenters. The summed E-state index contributed by atoms with van der Waals surface area (Å²) in [5, 5.41) is 11.0. The number of carboxylic acids is 1. The number of nitrogens with one attached hydrogen (secondary N) is 1. The fourth-order valence-electron chi connectivity index (χ4n) is 1.37. The highest BCUT2D eigenvalue weighted by Gasteiger charge is 2.25. The van der Waals surface area contributed by atoms with E-state index >= 15 is 0 Å². The average Bonchev–Trinajstić information content (AvgIpc) is 2.32. The topological polar surface area (TPSA) is 113 Å². The lowest BCUT2D eigenvalue weighted by atomic mass is 10.2. The number of carboxylic acid groups (broad SMARTS) is 1. The molecule has 0 aromatic rings. The molecule has 0 bridgehead atoms. The van der Waals surface area contributed by atoms with Gasteiger partial charge in [-0.3, -0.25) is 9.59 Å². The van der Waals surface area contributed by atoms with E-state index in [0.717, 1.165) is 4.90 Å². The first-order valence-corrected chi connectivity index (χ1v) is 6.80. The van der Waals surface area contributed by atoms with Crippen molar-refractivity contribution in [3.8, 4) is 12.3 Å². The Morgan fingerprint density at radius 3 is 2.58 bits per heavy atom. The Kier molecular flexibility index (Phi) is 8.20. The van der Waals surface area contributed by atoms with Crippen molar-refractivity contribution in [1.29, 1.82) is 0 Å². The van der Waals surface area contributed by atoms with Crippen LogP contribution in [0, 0.1) is 12.3 Å². The summed E-state index contributed by atoms with van der Waals surface area (Å²) < 4.78 is 0. The number of hydrogen-bond donors (Lipinski definition) is 3. The molecule has 4 N–H and O–H groups in total. The van der Waals surface area contributed by atoms with E-state index in [1.165, 1.54) is 11.8 Å². The summed E-state index contributed by atoms with van der Waals surface area (Å²) in [6.07, 6.45) is 7.29. The molecule has 0 aromatic heterocycles. The van der Waals surface area contributed by atoms with Gasteiger partial charge in [-0.25, -0.2) is 4.79 Å². The monoisotopic (exact) mass is 287 g/mol. The fraction of sp³-hybridized carbons (Fsp3) is 0.545.